The molecule has 0 amide bonds. The number of carbonyl (C=O) groups excluding carboxylic acids is 1. The van der Waals surface area contributed by atoms with Crippen molar-refractivity contribution in [3.8, 4) is 0 Å². The van der Waals surface area contributed by atoms with Gasteiger partial charge in [-0.25, -0.2) is 0 Å². The van der Waals surface area contributed by atoms with Crippen LogP contribution in [0.2, 0.25) is 0 Å². The topological polar surface area (TPSA) is 222 Å². The summed E-state index contributed by atoms with van der Waals surface area (Å²) in [7, 11) is 0. The maximum Gasteiger partial charge on any atom is 0.324 e. The molecule has 0 saturated carbocycles. The van der Waals surface area contributed by atoms with Gasteiger partial charge in [0.05, 0.1) is 6.61 Å². The van der Waals surface area contributed by atoms with Gasteiger partial charge >= 0.3 is 5.97 Å². The van der Waals surface area contributed by atoms with Gasteiger partial charge < -0.3 is 60.4 Å². The first-order chi connectivity index (χ1) is 14.3. The molecule has 0 aliphatic carbocycles. The number of nitrogens with two attached hydrogens (primary N) is 1. The molecule has 13 nitrogen and oxygen atoms in total. The third kappa shape index (κ3) is 6.04. The summed E-state index contributed by atoms with van der Waals surface area (Å²) in [6, 6.07) is -1.12. The number of aliphatic hydroxyl groups is 7. The van der Waals surface area contributed by atoms with Gasteiger partial charge in [-0.2, -0.15) is 12.6 Å². The molecule has 11 atom stereocenters. The Balaban J connectivity index is 2.14. The summed E-state index contributed by atoms with van der Waals surface area (Å²) in [6.45, 7) is 1.90. The summed E-state index contributed by atoms with van der Waals surface area (Å²) >= 11 is 4.19. The Morgan fingerprint density at radius 1 is 1.00 bits per heavy atom. The van der Waals surface area contributed by atoms with E-state index in [1.807, 2.05) is 0 Å². The van der Waals surface area contributed by atoms with Gasteiger partial charge in [0.25, 0.3) is 0 Å². The van der Waals surface area contributed by atoms with Crippen LogP contribution in [-0.2, 0) is 23.7 Å². The molecule has 0 bridgehead atoms. The molecule has 31 heavy (non-hydrogen) atoms. The average molecular weight is 473 g/mol. The number of ether oxygens (including phenoxy) is 4. The summed E-state index contributed by atoms with van der Waals surface area (Å²) in [4.78, 5) is 12.1. The summed E-state index contributed by atoms with van der Waals surface area (Å²) in [5.41, 5.74) is 5.76. The normalized spacial score (nSPS) is 42.8. The Bertz CT molecular complexity index is 604. The van der Waals surface area contributed by atoms with Crippen molar-refractivity contribution in [2.75, 3.05) is 13.2 Å². The predicted molar refractivity (Wildman–Crippen MR) is 104 cm³/mol. The number of esters is 1. The second kappa shape index (κ2) is 10.5. The smallest absolute Gasteiger partial charge is 0.324 e. The van der Waals surface area contributed by atoms with E-state index in [4.69, 9.17) is 24.7 Å². The van der Waals surface area contributed by atoms with Gasteiger partial charge in [-0.05, 0) is 13.8 Å². The van der Waals surface area contributed by atoms with Crippen molar-refractivity contribution in [3.63, 3.8) is 0 Å². The quantitative estimate of drug-likeness (QED) is 0.125. The highest BCUT2D eigenvalue weighted by Crippen LogP contribution is 2.29. The lowest BCUT2D eigenvalue weighted by atomic mass is 9.97. The Morgan fingerprint density at radius 3 is 2.16 bits per heavy atom. The average Bonchev–Trinajstić information content (AvgIpc) is 2.71. The summed E-state index contributed by atoms with van der Waals surface area (Å²) < 4.78 is 20.0. The number of aliphatic hydroxyl groups excluding tert-OH is 7. The molecule has 2 heterocycles. The van der Waals surface area contributed by atoms with Crippen LogP contribution in [0.15, 0.2) is 0 Å². The van der Waals surface area contributed by atoms with Crippen LogP contribution < -0.4 is 5.73 Å². The SMILES string of the molecule is CC(C)(S)[C@@H](N)C(=O)OC[C@H]1O[C@H](O)[C@H](O)[C@@H](O)[C@@H]1O[C@@H]1O[C@H](CO)[C@H](O)[C@H](O)[C@H]1O. The third-order valence-electron chi connectivity index (χ3n) is 5.20. The molecule has 0 spiro atoms. The van der Waals surface area contributed by atoms with Crippen LogP contribution in [0, 0.1) is 0 Å². The van der Waals surface area contributed by atoms with E-state index in [-0.39, 0.29) is 0 Å². The van der Waals surface area contributed by atoms with Crippen molar-refractivity contribution < 1.29 is 59.5 Å². The van der Waals surface area contributed by atoms with Crippen molar-refractivity contribution in [2.45, 2.75) is 86.0 Å². The standard InChI is InChI=1S/C17H31NO12S/c1-17(2,31)13(18)15(26)27-4-6-12(9(22)10(23)14(25)28-6)30-16-11(24)8(21)7(20)5(3-19)29-16/h5-14,16,19-25,31H,3-4,18H2,1-2H3/t5-,6-,7+,8+,9-,10-,11-,12-,13+,14+,16+/m1/s1. The Morgan fingerprint density at radius 2 is 1.61 bits per heavy atom. The maximum absolute atomic E-state index is 12.1. The van der Waals surface area contributed by atoms with Gasteiger partial charge in [-0.15, -0.1) is 0 Å². The molecular formula is C17H31NO12S. The fraction of sp³-hybridized carbons (Fsp3) is 0.941. The van der Waals surface area contributed by atoms with E-state index >= 15 is 0 Å². The molecule has 14 heteroatoms. The third-order valence-corrected chi connectivity index (χ3v) is 5.48. The molecule has 0 aromatic rings. The first-order valence-corrected chi connectivity index (χ1v) is 10.0. The van der Waals surface area contributed by atoms with Crippen LogP contribution in [0.25, 0.3) is 0 Å². The van der Waals surface area contributed by atoms with Gasteiger partial charge in [-0.3, -0.25) is 4.79 Å². The minimum absolute atomic E-state index is 0.570. The number of hydrogen-bond acceptors (Lipinski definition) is 14. The van der Waals surface area contributed by atoms with E-state index in [0.29, 0.717) is 0 Å². The van der Waals surface area contributed by atoms with Gasteiger partial charge in [0.2, 0.25) is 0 Å². The van der Waals surface area contributed by atoms with E-state index in [0.717, 1.165) is 0 Å². The maximum atomic E-state index is 12.1. The highest BCUT2D eigenvalue weighted by Gasteiger charge is 2.50. The highest BCUT2D eigenvalue weighted by atomic mass is 32.1. The molecule has 0 aromatic heterocycles. The van der Waals surface area contributed by atoms with E-state index in [1.54, 1.807) is 13.8 Å². The minimum atomic E-state index is -1.84. The first-order valence-electron chi connectivity index (χ1n) is 9.59. The molecule has 2 rings (SSSR count). The molecule has 2 fully saturated rings. The molecule has 2 aliphatic rings. The fourth-order valence-corrected chi connectivity index (χ4v) is 3.20. The van der Waals surface area contributed by atoms with E-state index in [9.17, 15) is 40.5 Å². The molecule has 0 radical (unpaired) electrons. The van der Waals surface area contributed by atoms with Crippen LogP contribution in [0.1, 0.15) is 13.8 Å². The van der Waals surface area contributed by atoms with Crippen molar-refractivity contribution >= 4 is 18.6 Å². The molecule has 0 unspecified atom stereocenters. The summed E-state index contributed by atoms with van der Waals surface area (Å²) in [5, 5.41) is 69.2. The molecule has 0 aromatic carbocycles. The van der Waals surface area contributed by atoms with Crippen molar-refractivity contribution in [3.05, 3.63) is 0 Å². The zero-order valence-electron chi connectivity index (χ0n) is 17.0. The lowest BCUT2D eigenvalue weighted by molar-refractivity contribution is -0.355. The molecule has 2 aliphatic heterocycles. The van der Waals surface area contributed by atoms with Crippen LogP contribution >= 0.6 is 12.6 Å². The Kier molecular flexibility index (Phi) is 9.06. The van der Waals surface area contributed by atoms with Gasteiger partial charge in [0.15, 0.2) is 12.6 Å². The Labute approximate surface area is 183 Å². The fourth-order valence-electron chi connectivity index (χ4n) is 3.10. The monoisotopic (exact) mass is 473 g/mol. The number of carbonyl (C=O) groups is 1. The van der Waals surface area contributed by atoms with Crippen LogP contribution in [0.4, 0.5) is 0 Å². The van der Waals surface area contributed by atoms with Crippen molar-refractivity contribution in [1.82, 2.24) is 0 Å². The van der Waals surface area contributed by atoms with Crippen molar-refractivity contribution in [2.24, 2.45) is 5.73 Å². The number of hydrogen-bond donors (Lipinski definition) is 9. The van der Waals surface area contributed by atoms with Crippen LogP contribution in [0.5, 0.6) is 0 Å². The zero-order valence-corrected chi connectivity index (χ0v) is 17.9. The lowest BCUT2D eigenvalue weighted by Crippen LogP contribution is -2.64. The van der Waals surface area contributed by atoms with Gasteiger partial charge in [0, 0.05) is 4.75 Å². The molecule has 9 N–H and O–H groups in total. The summed E-state index contributed by atoms with van der Waals surface area (Å²) in [6.07, 6.45) is -16.4. The number of thiol groups is 1. The van der Waals surface area contributed by atoms with E-state index in [2.05, 4.69) is 12.6 Å². The molecule has 182 valence electrons. The van der Waals surface area contributed by atoms with E-state index < -0.39 is 91.4 Å². The Hall–Kier alpha value is -0.620. The molecule has 2 saturated heterocycles. The number of rotatable bonds is 7. The second-order valence-corrected chi connectivity index (χ2v) is 9.26. The van der Waals surface area contributed by atoms with Crippen molar-refractivity contribution in [1.29, 1.82) is 0 Å². The van der Waals surface area contributed by atoms with E-state index in [1.165, 1.54) is 0 Å². The lowest BCUT2D eigenvalue weighted by Gasteiger charge is -2.45. The highest BCUT2D eigenvalue weighted by molar-refractivity contribution is 7.81. The zero-order chi connectivity index (χ0) is 23.7. The second-order valence-electron chi connectivity index (χ2n) is 8.11. The minimum Gasteiger partial charge on any atom is -0.462 e. The molecular weight excluding hydrogens is 442 g/mol. The van der Waals surface area contributed by atoms with Crippen LogP contribution in [-0.4, -0.2) is 127 Å². The first kappa shape index (κ1) is 26.6. The van der Waals surface area contributed by atoms with Crippen LogP contribution in [0.3, 0.4) is 0 Å². The summed E-state index contributed by atoms with van der Waals surface area (Å²) in [5.74, 6) is -0.856. The predicted octanol–water partition coefficient (Wildman–Crippen LogP) is -4.81. The van der Waals surface area contributed by atoms with Gasteiger partial charge in [-0.1, -0.05) is 0 Å². The largest absolute Gasteiger partial charge is 0.462 e. The van der Waals surface area contributed by atoms with Gasteiger partial charge in [0.1, 0.15) is 61.5 Å².